The molecule has 0 fully saturated rings. The molecular weight excluding hydrogens is 332 g/mol. The molecule has 1 atom stereocenters. The molecule has 7 heteroatoms. The molecule has 5 nitrogen and oxygen atoms in total. The van der Waals surface area contributed by atoms with E-state index in [0.717, 1.165) is 5.56 Å². The molecule has 0 saturated carbocycles. The third-order valence-electron chi connectivity index (χ3n) is 2.53. The standard InChI is InChI=1S/C12H17BrN2O3S/c1-9(12(16)15(2)3)14-19(17,18)11-6-4-10(8-13)5-7-11/h4-7,9,14H,8H2,1-3H3. The Morgan fingerprint density at radius 3 is 2.26 bits per heavy atom. The average Bonchev–Trinajstić information content (AvgIpc) is 2.37. The van der Waals surface area contributed by atoms with Crippen molar-refractivity contribution in [3.05, 3.63) is 29.8 Å². The first kappa shape index (κ1) is 16.1. The summed E-state index contributed by atoms with van der Waals surface area (Å²) < 4.78 is 26.5. The molecule has 1 N–H and O–H groups in total. The van der Waals surface area contributed by atoms with Crippen molar-refractivity contribution in [3.8, 4) is 0 Å². The van der Waals surface area contributed by atoms with Crippen LogP contribution in [0.5, 0.6) is 0 Å². The summed E-state index contributed by atoms with van der Waals surface area (Å²) in [5, 5.41) is 0.663. The molecule has 1 aromatic rings. The van der Waals surface area contributed by atoms with Crippen molar-refractivity contribution in [2.45, 2.75) is 23.2 Å². The largest absolute Gasteiger partial charge is 0.347 e. The lowest BCUT2D eigenvalue weighted by Gasteiger charge is -2.18. The van der Waals surface area contributed by atoms with Crippen molar-refractivity contribution in [2.24, 2.45) is 0 Å². The number of rotatable bonds is 5. The van der Waals surface area contributed by atoms with Crippen LogP contribution in [0.4, 0.5) is 0 Å². The number of sulfonamides is 1. The van der Waals surface area contributed by atoms with Crippen LogP contribution >= 0.6 is 15.9 Å². The number of halogens is 1. The molecule has 0 spiro atoms. The van der Waals surface area contributed by atoms with Gasteiger partial charge in [-0.25, -0.2) is 8.42 Å². The van der Waals surface area contributed by atoms with Gasteiger partial charge in [0.05, 0.1) is 10.9 Å². The molecule has 1 aromatic carbocycles. The number of alkyl halides is 1. The fourth-order valence-electron chi connectivity index (χ4n) is 1.50. The van der Waals surface area contributed by atoms with Gasteiger partial charge in [0.15, 0.2) is 0 Å². The maximum atomic E-state index is 12.1. The van der Waals surface area contributed by atoms with Gasteiger partial charge in [-0.15, -0.1) is 0 Å². The number of likely N-dealkylation sites (N-methyl/N-ethyl adjacent to an activating group) is 1. The monoisotopic (exact) mass is 348 g/mol. The highest BCUT2D eigenvalue weighted by atomic mass is 79.9. The van der Waals surface area contributed by atoms with Crippen molar-refractivity contribution < 1.29 is 13.2 Å². The summed E-state index contributed by atoms with van der Waals surface area (Å²) in [6, 6.07) is 5.69. The fourth-order valence-corrected chi connectivity index (χ4v) is 3.07. The Labute approximate surface area is 122 Å². The van der Waals surface area contributed by atoms with Crippen LogP contribution in [0.2, 0.25) is 0 Å². The van der Waals surface area contributed by atoms with E-state index in [9.17, 15) is 13.2 Å². The topological polar surface area (TPSA) is 66.5 Å². The van der Waals surface area contributed by atoms with Crippen LogP contribution in [0.15, 0.2) is 29.2 Å². The summed E-state index contributed by atoms with van der Waals surface area (Å²) in [5.74, 6) is -0.291. The molecule has 0 bridgehead atoms. The number of nitrogens with one attached hydrogen (secondary N) is 1. The summed E-state index contributed by atoms with van der Waals surface area (Å²) in [6.45, 7) is 1.52. The van der Waals surface area contributed by atoms with Crippen molar-refractivity contribution in [1.29, 1.82) is 0 Å². The third-order valence-corrected chi connectivity index (χ3v) is 4.74. The Bertz CT molecular complexity index is 541. The predicted molar refractivity (Wildman–Crippen MR) is 77.6 cm³/mol. The predicted octanol–water partition coefficient (Wildman–Crippen LogP) is 1.34. The van der Waals surface area contributed by atoms with Gasteiger partial charge in [0.1, 0.15) is 0 Å². The van der Waals surface area contributed by atoms with E-state index in [0.29, 0.717) is 5.33 Å². The highest BCUT2D eigenvalue weighted by Gasteiger charge is 2.22. The minimum Gasteiger partial charge on any atom is -0.347 e. The van der Waals surface area contributed by atoms with E-state index in [2.05, 4.69) is 20.7 Å². The molecule has 0 radical (unpaired) electrons. The smallest absolute Gasteiger partial charge is 0.241 e. The van der Waals surface area contributed by atoms with Gasteiger partial charge < -0.3 is 4.90 Å². The molecule has 19 heavy (non-hydrogen) atoms. The number of benzene rings is 1. The van der Waals surface area contributed by atoms with Gasteiger partial charge in [0.25, 0.3) is 0 Å². The van der Waals surface area contributed by atoms with Gasteiger partial charge in [0, 0.05) is 19.4 Å². The molecule has 1 amide bonds. The molecular formula is C12H17BrN2O3S. The first-order chi connectivity index (χ1) is 8.77. The lowest BCUT2D eigenvalue weighted by Crippen LogP contribution is -2.44. The molecule has 1 rings (SSSR count). The molecule has 0 heterocycles. The van der Waals surface area contributed by atoms with Crippen molar-refractivity contribution in [1.82, 2.24) is 9.62 Å². The normalized spacial score (nSPS) is 13.1. The second kappa shape index (κ2) is 6.49. The fraction of sp³-hybridized carbons (Fsp3) is 0.417. The van der Waals surface area contributed by atoms with E-state index in [4.69, 9.17) is 0 Å². The van der Waals surface area contributed by atoms with E-state index < -0.39 is 16.1 Å². The van der Waals surface area contributed by atoms with Gasteiger partial charge in [0.2, 0.25) is 15.9 Å². The van der Waals surface area contributed by atoms with E-state index in [-0.39, 0.29) is 10.8 Å². The lowest BCUT2D eigenvalue weighted by molar-refractivity contribution is -0.130. The number of amides is 1. The Kier molecular flexibility index (Phi) is 5.51. The number of hydrogen-bond donors (Lipinski definition) is 1. The summed E-state index contributed by atoms with van der Waals surface area (Å²) in [7, 11) is -0.513. The molecule has 1 unspecified atom stereocenters. The highest BCUT2D eigenvalue weighted by Crippen LogP contribution is 2.13. The zero-order valence-corrected chi connectivity index (χ0v) is 13.5. The summed E-state index contributed by atoms with van der Waals surface area (Å²) in [4.78, 5) is 13.1. The first-order valence-corrected chi connectivity index (χ1v) is 8.27. The van der Waals surface area contributed by atoms with Crippen molar-refractivity contribution in [2.75, 3.05) is 14.1 Å². The lowest BCUT2D eigenvalue weighted by atomic mass is 10.2. The van der Waals surface area contributed by atoms with E-state index in [1.54, 1.807) is 26.2 Å². The number of nitrogens with zero attached hydrogens (tertiary/aromatic N) is 1. The number of carbonyl (C=O) groups excluding carboxylic acids is 1. The summed E-state index contributed by atoms with van der Waals surface area (Å²) in [5.41, 5.74) is 0.983. The van der Waals surface area contributed by atoms with Crippen LogP contribution in [-0.2, 0) is 20.1 Å². The van der Waals surface area contributed by atoms with Gasteiger partial charge in [-0.2, -0.15) is 4.72 Å². The quantitative estimate of drug-likeness (QED) is 0.816. The molecule has 0 aliphatic carbocycles. The van der Waals surface area contributed by atoms with E-state index in [1.807, 2.05) is 0 Å². The first-order valence-electron chi connectivity index (χ1n) is 5.66. The molecule has 0 aliphatic heterocycles. The van der Waals surface area contributed by atoms with Crippen LogP contribution in [-0.4, -0.2) is 39.4 Å². The molecule has 0 aromatic heterocycles. The Balaban J connectivity index is 2.89. The van der Waals surface area contributed by atoms with Gasteiger partial charge in [-0.05, 0) is 24.6 Å². The van der Waals surface area contributed by atoms with Crippen LogP contribution in [0, 0.1) is 0 Å². The van der Waals surface area contributed by atoms with Gasteiger partial charge in [-0.3, -0.25) is 4.79 Å². The van der Waals surface area contributed by atoms with E-state index >= 15 is 0 Å². The third kappa shape index (κ3) is 4.29. The zero-order valence-electron chi connectivity index (χ0n) is 11.1. The Morgan fingerprint density at radius 2 is 1.84 bits per heavy atom. The summed E-state index contributed by atoms with van der Waals surface area (Å²) >= 11 is 3.29. The minimum absolute atomic E-state index is 0.149. The second-order valence-corrected chi connectivity index (χ2v) is 6.63. The Morgan fingerprint density at radius 1 is 1.32 bits per heavy atom. The minimum atomic E-state index is -3.68. The van der Waals surface area contributed by atoms with Gasteiger partial charge >= 0.3 is 0 Å². The van der Waals surface area contributed by atoms with Crippen molar-refractivity contribution >= 4 is 31.9 Å². The van der Waals surface area contributed by atoms with E-state index in [1.165, 1.54) is 24.0 Å². The van der Waals surface area contributed by atoms with Crippen LogP contribution in [0.3, 0.4) is 0 Å². The zero-order chi connectivity index (χ0) is 14.6. The molecule has 106 valence electrons. The van der Waals surface area contributed by atoms with Crippen LogP contribution < -0.4 is 4.72 Å². The second-order valence-electron chi connectivity index (χ2n) is 4.35. The average molecular weight is 349 g/mol. The van der Waals surface area contributed by atoms with Gasteiger partial charge in [-0.1, -0.05) is 28.1 Å². The highest BCUT2D eigenvalue weighted by molar-refractivity contribution is 9.08. The Hall–Kier alpha value is -0.920. The molecule has 0 aliphatic rings. The maximum Gasteiger partial charge on any atom is 0.241 e. The molecule has 0 saturated heterocycles. The summed E-state index contributed by atoms with van der Waals surface area (Å²) in [6.07, 6.45) is 0. The van der Waals surface area contributed by atoms with Crippen LogP contribution in [0.1, 0.15) is 12.5 Å². The van der Waals surface area contributed by atoms with Crippen molar-refractivity contribution in [3.63, 3.8) is 0 Å². The number of carbonyl (C=O) groups is 1. The maximum absolute atomic E-state index is 12.1. The number of hydrogen-bond acceptors (Lipinski definition) is 3. The SMILES string of the molecule is CC(NS(=O)(=O)c1ccc(CBr)cc1)C(=O)N(C)C. The van der Waals surface area contributed by atoms with Crippen LogP contribution in [0.25, 0.3) is 0 Å².